The highest BCUT2D eigenvalue weighted by atomic mass is 16.4. The van der Waals surface area contributed by atoms with Crippen molar-refractivity contribution in [1.82, 2.24) is 9.78 Å². The molecule has 2 aromatic carbocycles. The van der Waals surface area contributed by atoms with E-state index in [4.69, 9.17) is 0 Å². The van der Waals surface area contributed by atoms with E-state index < -0.39 is 5.97 Å². The lowest BCUT2D eigenvalue weighted by Gasteiger charge is -2.12. The number of hydrogen-bond acceptors (Lipinski definition) is 2. The molecule has 0 amide bonds. The summed E-state index contributed by atoms with van der Waals surface area (Å²) in [4.78, 5) is 11.6. The first-order valence-corrected chi connectivity index (χ1v) is 7.02. The lowest BCUT2D eigenvalue weighted by atomic mass is 9.98. The van der Waals surface area contributed by atoms with Crippen molar-refractivity contribution in [2.45, 2.75) is 13.8 Å². The number of carboxylic acid groups (broad SMARTS) is 1. The van der Waals surface area contributed by atoms with E-state index in [1.165, 1.54) is 0 Å². The predicted molar refractivity (Wildman–Crippen MR) is 85.4 cm³/mol. The molecule has 0 unspecified atom stereocenters. The molecule has 0 saturated heterocycles. The van der Waals surface area contributed by atoms with Crippen molar-refractivity contribution in [2.75, 3.05) is 0 Å². The summed E-state index contributed by atoms with van der Waals surface area (Å²) in [6.07, 6.45) is 1.85. The molecule has 0 fully saturated rings. The van der Waals surface area contributed by atoms with Crippen LogP contribution in [0.1, 0.15) is 21.6 Å². The van der Waals surface area contributed by atoms with Crippen molar-refractivity contribution in [3.8, 4) is 16.8 Å². The largest absolute Gasteiger partial charge is 0.478 e. The molecule has 0 aliphatic rings. The second-order valence-corrected chi connectivity index (χ2v) is 5.24. The molecule has 0 saturated carbocycles. The van der Waals surface area contributed by atoms with Crippen molar-refractivity contribution >= 4 is 5.97 Å². The summed E-state index contributed by atoms with van der Waals surface area (Å²) in [6, 6.07) is 15.3. The van der Waals surface area contributed by atoms with Crippen molar-refractivity contribution in [3.05, 3.63) is 71.5 Å². The average Bonchev–Trinajstić information content (AvgIpc) is 2.94. The molecular weight excluding hydrogens is 276 g/mol. The standard InChI is InChI=1S/C18H16N2O2/c1-12-8-9-20(19-12)17-11-15(14-6-4-3-5-7-14)10-16(13(17)2)18(21)22/h3-11H,1-2H3,(H,21,22). The molecule has 0 spiro atoms. The number of aryl methyl sites for hydroxylation is 1. The number of rotatable bonds is 3. The van der Waals surface area contributed by atoms with E-state index in [9.17, 15) is 9.90 Å². The lowest BCUT2D eigenvalue weighted by Crippen LogP contribution is -2.06. The number of hydrogen-bond donors (Lipinski definition) is 1. The Hall–Kier alpha value is -2.88. The fourth-order valence-electron chi connectivity index (χ4n) is 2.51. The Labute approximate surface area is 128 Å². The van der Waals surface area contributed by atoms with Crippen LogP contribution in [0.3, 0.4) is 0 Å². The Balaban J connectivity index is 2.25. The number of carboxylic acids is 1. The maximum absolute atomic E-state index is 11.6. The monoisotopic (exact) mass is 292 g/mol. The van der Waals surface area contributed by atoms with Gasteiger partial charge in [0.25, 0.3) is 0 Å². The summed E-state index contributed by atoms with van der Waals surface area (Å²) in [5, 5.41) is 13.9. The molecule has 0 aliphatic heterocycles. The third-order valence-corrected chi connectivity index (χ3v) is 3.69. The molecule has 22 heavy (non-hydrogen) atoms. The van der Waals surface area contributed by atoms with Gasteiger partial charge in [0.2, 0.25) is 0 Å². The first-order chi connectivity index (χ1) is 10.6. The second kappa shape index (κ2) is 5.48. The van der Waals surface area contributed by atoms with Crippen LogP contribution in [0.15, 0.2) is 54.7 Å². The lowest BCUT2D eigenvalue weighted by molar-refractivity contribution is 0.0696. The van der Waals surface area contributed by atoms with Gasteiger partial charge in [-0.1, -0.05) is 30.3 Å². The number of nitrogens with zero attached hydrogens (tertiary/aromatic N) is 2. The van der Waals surface area contributed by atoms with Crippen LogP contribution in [0, 0.1) is 13.8 Å². The molecule has 0 aliphatic carbocycles. The Kier molecular flexibility index (Phi) is 3.51. The average molecular weight is 292 g/mol. The Bertz CT molecular complexity index is 836. The van der Waals surface area contributed by atoms with Crippen LogP contribution in [0.5, 0.6) is 0 Å². The van der Waals surface area contributed by atoms with Crippen LogP contribution in [0.25, 0.3) is 16.8 Å². The molecule has 3 rings (SSSR count). The number of aromatic nitrogens is 2. The third kappa shape index (κ3) is 2.51. The Morgan fingerprint density at radius 2 is 1.77 bits per heavy atom. The minimum absolute atomic E-state index is 0.296. The third-order valence-electron chi connectivity index (χ3n) is 3.69. The molecule has 1 aromatic heterocycles. The van der Waals surface area contributed by atoms with Crippen LogP contribution < -0.4 is 0 Å². The summed E-state index contributed by atoms with van der Waals surface area (Å²) in [5.41, 5.74) is 4.52. The molecule has 4 nitrogen and oxygen atoms in total. The van der Waals surface area contributed by atoms with E-state index in [1.807, 2.05) is 62.5 Å². The van der Waals surface area contributed by atoms with Gasteiger partial charge in [0, 0.05) is 6.20 Å². The zero-order valence-electron chi connectivity index (χ0n) is 12.4. The summed E-state index contributed by atoms with van der Waals surface area (Å²) < 4.78 is 1.73. The molecule has 3 aromatic rings. The molecule has 0 radical (unpaired) electrons. The Morgan fingerprint density at radius 3 is 2.36 bits per heavy atom. The van der Waals surface area contributed by atoms with Crippen LogP contribution >= 0.6 is 0 Å². The van der Waals surface area contributed by atoms with Crippen molar-refractivity contribution < 1.29 is 9.90 Å². The van der Waals surface area contributed by atoms with Gasteiger partial charge in [-0.3, -0.25) is 0 Å². The number of aromatic carboxylic acids is 1. The molecule has 110 valence electrons. The molecule has 1 heterocycles. The first-order valence-electron chi connectivity index (χ1n) is 7.02. The first kappa shape index (κ1) is 14.1. The molecular formula is C18H16N2O2. The van der Waals surface area contributed by atoms with Crippen LogP contribution in [-0.2, 0) is 0 Å². The van der Waals surface area contributed by atoms with Crippen molar-refractivity contribution in [2.24, 2.45) is 0 Å². The molecule has 0 atom stereocenters. The van der Waals surface area contributed by atoms with Gasteiger partial charge in [-0.25, -0.2) is 9.48 Å². The summed E-state index contributed by atoms with van der Waals surface area (Å²) >= 11 is 0. The minimum atomic E-state index is -0.930. The summed E-state index contributed by atoms with van der Waals surface area (Å²) in [7, 11) is 0. The summed E-state index contributed by atoms with van der Waals surface area (Å²) in [5.74, 6) is -0.930. The zero-order valence-corrected chi connectivity index (χ0v) is 12.4. The van der Waals surface area contributed by atoms with E-state index in [0.29, 0.717) is 11.1 Å². The highest BCUT2D eigenvalue weighted by Crippen LogP contribution is 2.27. The topological polar surface area (TPSA) is 55.1 Å². The highest BCUT2D eigenvalue weighted by Gasteiger charge is 2.15. The summed E-state index contributed by atoms with van der Waals surface area (Å²) in [6.45, 7) is 3.72. The van der Waals surface area contributed by atoms with Crippen LogP contribution in [-0.4, -0.2) is 20.9 Å². The quantitative estimate of drug-likeness (QED) is 0.797. The predicted octanol–water partition coefficient (Wildman–Crippen LogP) is 3.85. The van der Waals surface area contributed by atoms with Crippen molar-refractivity contribution in [3.63, 3.8) is 0 Å². The molecule has 0 bridgehead atoms. The van der Waals surface area contributed by atoms with Gasteiger partial charge in [-0.05, 0) is 48.7 Å². The fourth-order valence-corrected chi connectivity index (χ4v) is 2.51. The van der Waals surface area contributed by atoms with Gasteiger partial charge >= 0.3 is 5.97 Å². The Morgan fingerprint density at radius 1 is 1.05 bits per heavy atom. The maximum atomic E-state index is 11.6. The normalized spacial score (nSPS) is 10.6. The highest BCUT2D eigenvalue weighted by molar-refractivity contribution is 5.92. The van der Waals surface area contributed by atoms with Crippen LogP contribution in [0.4, 0.5) is 0 Å². The molecule has 1 N–H and O–H groups in total. The van der Waals surface area contributed by atoms with E-state index in [1.54, 1.807) is 10.7 Å². The van der Waals surface area contributed by atoms with Gasteiger partial charge in [-0.15, -0.1) is 0 Å². The van der Waals surface area contributed by atoms with Gasteiger partial charge in [0.05, 0.1) is 16.9 Å². The SMILES string of the molecule is Cc1ccn(-c2cc(-c3ccccc3)cc(C(=O)O)c2C)n1. The minimum Gasteiger partial charge on any atom is -0.478 e. The molecule has 4 heteroatoms. The fraction of sp³-hybridized carbons (Fsp3) is 0.111. The smallest absolute Gasteiger partial charge is 0.336 e. The number of benzene rings is 2. The second-order valence-electron chi connectivity index (χ2n) is 5.24. The maximum Gasteiger partial charge on any atom is 0.336 e. The van der Waals surface area contributed by atoms with Gasteiger partial charge in [-0.2, -0.15) is 5.10 Å². The van der Waals surface area contributed by atoms with Gasteiger partial charge < -0.3 is 5.11 Å². The van der Waals surface area contributed by atoms with Crippen LogP contribution in [0.2, 0.25) is 0 Å². The van der Waals surface area contributed by atoms with E-state index in [0.717, 1.165) is 22.5 Å². The van der Waals surface area contributed by atoms with E-state index >= 15 is 0 Å². The van der Waals surface area contributed by atoms with Crippen molar-refractivity contribution in [1.29, 1.82) is 0 Å². The van der Waals surface area contributed by atoms with Gasteiger partial charge in [0.15, 0.2) is 0 Å². The number of carbonyl (C=O) groups is 1. The van der Waals surface area contributed by atoms with E-state index in [2.05, 4.69) is 5.10 Å². The zero-order chi connectivity index (χ0) is 15.7. The van der Waals surface area contributed by atoms with E-state index in [-0.39, 0.29) is 0 Å². The van der Waals surface area contributed by atoms with Gasteiger partial charge in [0.1, 0.15) is 0 Å².